The lowest BCUT2D eigenvalue weighted by Crippen LogP contribution is -2.08. The quantitative estimate of drug-likeness (QED) is 0.662. The minimum Gasteiger partial charge on any atom is -0.368 e. The van der Waals surface area contributed by atoms with Gasteiger partial charge in [0, 0.05) is 12.3 Å². The number of imidazole rings is 1. The first-order valence-electron chi connectivity index (χ1n) is 4.50. The standard InChI is InChI=1S/C8H12N6S/c1-15-3-2-10-6-5-7(12-4-11-5)14-8(9)13-6/h4H,2-3H2,1H3,(H4,9,10,11,12,13,14). The first-order chi connectivity index (χ1) is 7.31. The van der Waals surface area contributed by atoms with Gasteiger partial charge in [0.05, 0.1) is 6.33 Å². The van der Waals surface area contributed by atoms with Gasteiger partial charge in [-0.05, 0) is 6.26 Å². The van der Waals surface area contributed by atoms with E-state index >= 15 is 0 Å². The van der Waals surface area contributed by atoms with Crippen molar-refractivity contribution < 1.29 is 0 Å². The van der Waals surface area contributed by atoms with Crippen LogP contribution >= 0.6 is 11.8 Å². The Kier molecular flexibility index (Phi) is 2.91. The fourth-order valence-electron chi connectivity index (χ4n) is 1.25. The van der Waals surface area contributed by atoms with E-state index in [2.05, 4.69) is 31.5 Å². The van der Waals surface area contributed by atoms with Gasteiger partial charge in [0.15, 0.2) is 11.5 Å². The number of hydrogen-bond acceptors (Lipinski definition) is 6. The number of rotatable bonds is 4. The van der Waals surface area contributed by atoms with Crippen molar-refractivity contribution >= 4 is 34.7 Å². The van der Waals surface area contributed by atoms with Crippen LogP contribution in [0, 0.1) is 0 Å². The Balaban J connectivity index is 2.27. The minimum atomic E-state index is 0.237. The van der Waals surface area contributed by atoms with E-state index in [-0.39, 0.29) is 5.95 Å². The molecule has 0 unspecified atom stereocenters. The van der Waals surface area contributed by atoms with Gasteiger partial charge in [-0.1, -0.05) is 0 Å². The Morgan fingerprint density at radius 2 is 2.40 bits per heavy atom. The molecule has 7 heteroatoms. The van der Waals surface area contributed by atoms with Gasteiger partial charge in [-0.3, -0.25) is 0 Å². The number of thioether (sulfide) groups is 1. The second-order valence-electron chi connectivity index (χ2n) is 2.95. The molecule has 0 aliphatic carbocycles. The third-order valence-electron chi connectivity index (χ3n) is 1.90. The molecule has 2 aromatic heterocycles. The predicted octanol–water partition coefficient (Wildman–Crippen LogP) is 0.710. The molecule has 2 rings (SSSR count). The van der Waals surface area contributed by atoms with Crippen LogP contribution in [0.25, 0.3) is 11.2 Å². The van der Waals surface area contributed by atoms with Crippen LogP contribution in [-0.2, 0) is 0 Å². The number of anilines is 2. The van der Waals surface area contributed by atoms with E-state index in [1.807, 2.05) is 0 Å². The molecule has 4 N–H and O–H groups in total. The van der Waals surface area contributed by atoms with E-state index in [0.29, 0.717) is 11.5 Å². The van der Waals surface area contributed by atoms with Gasteiger partial charge in [-0.15, -0.1) is 0 Å². The number of aromatic amines is 1. The summed E-state index contributed by atoms with van der Waals surface area (Å²) in [6.45, 7) is 0.839. The highest BCUT2D eigenvalue weighted by molar-refractivity contribution is 7.98. The predicted molar refractivity (Wildman–Crippen MR) is 63.0 cm³/mol. The van der Waals surface area contributed by atoms with Crippen molar-refractivity contribution in [2.24, 2.45) is 0 Å². The van der Waals surface area contributed by atoms with E-state index in [1.54, 1.807) is 18.1 Å². The van der Waals surface area contributed by atoms with Crippen LogP contribution in [0.3, 0.4) is 0 Å². The molecule has 2 heterocycles. The van der Waals surface area contributed by atoms with Crippen LogP contribution in [0.1, 0.15) is 0 Å². The zero-order valence-electron chi connectivity index (χ0n) is 8.32. The number of nitrogens with one attached hydrogen (secondary N) is 2. The molecular weight excluding hydrogens is 212 g/mol. The summed E-state index contributed by atoms with van der Waals surface area (Å²) in [5.74, 6) is 1.96. The lowest BCUT2D eigenvalue weighted by molar-refractivity contribution is 1.15. The third kappa shape index (κ3) is 2.12. The van der Waals surface area contributed by atoms with E-state index in [4.69, 9.17) is 5.73 Å². The summed E-state index contributed by atoms with van der Waals surface area (Å²) < 4.78 is 0. The van der Waals surface area contributed by atoms with Crippen molar-refractivity contribution in [3.63, 3.8) is 0 Å². The molecule has 80 valence electrons. The average Bonchev–Trinajstić information content (AvgIpc) is 2.65. The Hall–Kier alpha value is -1.50. The SMILES string of the molecule is CSCCNc1nc(N)nc2nc[nH]c12. The maximum Gasteiger partial charge on any atom is 0.224 e. The molecule has 0 saturated carbocycles. The van der Waals surface area contributed by atoms with E-state index < -0.39 is 0 Å². The topological polar surface area (TPSA) is 92.5 Å². The fraction of sp³-hybridized carbons (Fsp3) is 0.375. The highest BCUT2D eigenvalue weighted by Gasteiger charge is 2.07. The zero-order chi connectivity index (χ0) is 10.7. The lowest BCUT2D eigenvalue weighted by Gasteiger charge is -2.05. The van der Waals surface area contributed by atoms with Crippen LogP contribution in [0.2, 0.25) is 0 Å². The van der Waals surface area contributed by atoms with Crippen LogP contribution in [0.4, 0.5) is 11.8 Å². The van der Waals surface area contributed by atoms with Crippen LogP contribution in [0.5, 0.6) is 0 Å². The van der Waals surface area contributed by atoms with Crippen molar-refractivity contribution in [3.05, 3.63) is 6.33 Å². The number of nitrogens with two attached hydrogens (primary N) is 1. The molecular formula is C8H12N6S. The molecule has 0 aliphatic heterocycles. The number of nitrogens with zero attached hydrogens (tertiary/aromatic N) is 3. The molecule has 0 amide bonds. The smallest absolute Gasteiger partial charge is 0.224 e. The van der Waals surface area contributed by atoms with Gasteiger partial charge in [-0.25, -0.2) is 4.98 Å². The maximum absolute atomic E-state index is 5.57. The molecule has 0 aromatic carbocycles. The number of nitrogen functional groups attached to an aromatic ring is 1. The molecule has 0 bridgehead atoms. The van der Waals surface area contributed by atoms with Gasteiger partial charge in [0.2, 0.25) is 5.95 Å². The Morgan fingerprint density at radius 3 is 3.20 bits per heavy atom. The maximum atomic E-state index is 5.57. The summed E-state index contributed by atoms with van der Waals surface area (Å²) in [6.07, 6.45) is 3.64. The molecule has 0 radical (unpaired) electrons. The first-order valence-corrected chi connectivity index (χ1v) is 5.90. The summed E-state index contributed by atoms with van der Waals surface area (Å²) >= 11 is 1.77. The number of fused-ring (bicyclic) bond motifs is 1. The third-order valence-corrected chi connectivity index (χ3v) is 2.51. The number of hydrogen-bond donors (Lipinski definition) is 3. The van der Waals surface area contributed by atoms with Crippen molar-refractivity contribution in [3.8, 4) is 0 Å². The highest BCUT2D eigenvalue weighted by atomic mass is 32.2. The van der Waals surface area contributed by atoms with Crippen molar-refractivity contribution in [1.82, 2.24) is 19.9 Å². The van der Waals surface area contributed by atoms with Gasteiger partial charge >= 0.3 is 0 Å². The molecule has 0 atom stereocenters. The fourth-order valence-corrected chi connectivity index (χ4v) is 1.56. The summed E-state index contributed by atoms with van der Waals surface area (Å²) in [7, 11) is 0. The highest BCUT2D eigenvalue weighted by Crippen LogP contribution is 2.16. The largest absolute Gasteiger partial charge is 0.368 e. The van der Waals surface area contributed by atoms with E-state index in [1.165, 1.54) is 0 Å². The van der Waals surface area contributed by atoms with Crippen LogP contribution in [-0.4, -0.2) is 38.5 Å². The van der Waals surface area contributed by atoms with Gasteiger partial charge in [0.25, 0.3) is 0 Å². The molecule has 0 fully saturated rings. The molecule has 6 nitrogen and oxygen atoms in total. The lowest BCUT2D eigenvalue weighted by atomic mass is 10.5. The van der Waals surface area contributed by atoms with Crippen molar-refractivity contribution in [1.29, 1.82) is 0 Å². The average molecular weight is 224 g/mol. The van der Waals surface area contributed by atoms with Gasteiger partial charge < -0.3 is 16.0 Å². The van der Waals surface area contributed by atoms with Crippen LogP contribution in [0.15, 0.2) is 6.33 Å². The van der Waals surface area contributed by atoms with Gasteiger partial charge in [0.1, 0.15) is 5.52 Å². The van der Waals surface area contributed by atoms with Crippen molar-refractivity contribution in [2.75, 3.05) is 29.6 Å². The molecule has 0 aliphatic rings. The summed E-state index contributed by atoms with van der Waals surface area (Å²) in [5.41, 5.74) is 6.96. The summed E-state index contributed by atoms with van der Waals surface area (Å²) in [5, 5.41) is 3.19. The molecule has 2 aromatic rings. The van der Waals surface area contributed by atoms with E-state index in [0.717, 1.165) is 17.8 Å². The summed E-state index contributed by atoms with van der Waals surface area (Å²) in [4.78, 5) is 15.1. The van der Waals surface area contributed by atoms with Gasteiger partial charge in [-0.2, -0.15) is 21.7 Å². The van der Waals surface area contributed by atoms with Crippen LogP contribution < -0.4 is 11.1 Å². The number of H-pyrrole nitrogens is 1. The normalized spacial score (nSPS) is 10.7. The Labute approximate surface area is 91.1 Å². The molecule has 0 spiro atoms. The second-order valence-corrected chi connectivity index (χ2v) is 3.94. The Bertz CT molecular complexity index is 453. The first kappa shape index (κ1) is 10.0. The van der Waals surface area contributed by atoms with Crippen molar-refractivity contribution in [2.45, 2.75) is 0 Å². The van der Waals surface area contributed by atoms with E-state index in [9.17, 15) is 0 Å². The second kappa shape index (κ2) is 4.35. The zero-order valence-corrected chi connectivity index (χ0v) is 9.14. The monoisotopic (exact) mass is 224 g/mol. The summed E-state index contributed by atoms with van der Waals surface area (Å²) in [6, 6.07) is 0. The number of aromatic nitrogens is 4. The molecule has 0 saturated heterocycles. The molecule has 15 heavy (non-hydrogen) atoms. The Morgan fingerprint density at radius 1 is 1.53 bits per heavy atom. The minimum absolute atomic E-state index is 0.237.